The van der Waals surface area contributed by atoms with Gasteiger partial charge in [-0.1, -0.05) is 0 Å². The van der Waals surface area contributed by atoms with E-state index in [1.54, 1.807) is 23.3 Å². The molecule has 0 radical (unpaired) electrons. The average molecular weight is 310 g/mol. The van der Waals surface area contributed by atoms with Crippen LogP contribution in [-0.4, -0.2) is 42.8 Å². The van der Waals surface area contributed by atoms with Gasteiger partial charge in [-0.25, -0.2) is 4.98 Å². The average Bonchev–Trinajstić information content (AvgIpc) is 2.90. The zero-order valence-corrected chi connectivity index (χ0v) is 12.6. The van der Waals surface area contributed by atoms with Crippen molar-refractivity contribution in [3.05, 3.63) is 24.0 Å². The molecule has 3 heterocycles. The number of rotatable bonds is 3. The summed E-state index contributed by atoms with van der Waals surface area (Å²) in [5, 5.41) is 0.0943. The molecule has 1 fully saturated rings. The van der Waals surface area contributed by atoms with E-state index in [-0.39, 0.29) is 29.6 Å². The Balaban J connectivity index is 1.79. The van der Waals surface area contributed by atoms with Gasteiger partial charge in [-0.3, -0.25) is 4.57 Å². The van der Waals surface area contributed by atoms with Crippen molar-refractivity contribution >= 4 is 11.6 Å². The molecule has 0 amide bonds. The van der Waals surface area contributed by atoms with Crippen LogP contribution >= 0.6 is 11.6 Å². The van der Waals surface area contributed by atoms with Crippen molar-refractivity contribution in [1.29, 1.82) is 0 Å². The van der Waals surface area contributed by atoms with Gasteiger partial charge in [0.2, 0.25) is 11.2 Å². The Morgan fingerprint density at radius 3 is 2.67 bits per heavy atom. The summed E-state index contributed by atoms with van der Waals surface area (Å²) in [5.41, 5.74) is 0. The predicted molar refractivity (Wildman–Crippen MR) is 75.6 cm³/mol. The van der Waals surface area contributed by atoms with Gasteiger partial charge in [0.15, 0.2) is 0 Å². The quantitative estimate of drug-likeness (QED) is 0.863. The van der Waals surface area contributed by atoms with Crippen molar-refractivity contribution in [2.45, 2.75) is 45.0 Å². The summed E-state index contributed by atoms with van der Waals surface area (Å²) < 4.78 is 13.2. The molecule has 1 aliphatic rings. The SMILES string of the molecule is CC1CC(Oc2nc(Cl)nc(-n3ccnc3)n2)CC(C)O1. The van der Waals surface area contributed by atoms with Crippen molar-refractivity contribution in [2.75, 3.05) is 0 Å². The summed E-state index contributed by atoms with van der Waals surface area (Å²) in [7, 11) is 0. The van der Waals surface area contributed by atoms with Gasteiger partial charge in [-0.05, 0) is 25.4 Å². The zero-order chi connectivity index (χ0) is 14.8. The number of hydrogen-bond acceptors (Lipinski definition) is 6. The summed E-state index contributed by atoms with van der Waals surface area (Å²) in [5.74, 6) is 0.385. The topological polar surface area (TPSA) is 75.0 Å². The second-order valence-electron chi connectivity index (χ2n) is 5.13. The molecule has 3 rings (SSSR count). The van der Waals surface area contributed by atoms with Crippen LogP contribution in [0.2, 0.25) is 5.28 Å². The van der Waals surface area contributed by atoms with E-state index in [9.17, 15) is 0 Å². The van der Waals surface area contributed by atoms with Crippen LogP contribution in [0.25, 0.3) is 5.95 Å². The Bertz CT molecular complexity index is 597. The fraction of sp³-hybridized carbons (Fsp3) is 0.538. The maximum atomic E-state index is 5.94. The normalized spacial score (nSPS) is 25.8. The maximum Gasteiger partial charge on any atom is 0.322 e. The van der Waals surface area contributed by atoms with E-state index in [4.69, 9.17) is 21.1 Å². The van der Waals surface area contributed by atoms with Crippen LogP contribution in [0.5, 0.6) is 6.01 Å². The minimum atomic E-state index is 0.0119. The Morgan fingerprint density at radius 2 is 2.00 bits per heavy atom. The molecule has 0 N–H and O–H groups in total. The summed E-state index contributed by atoms with van der Waals surface area (Å²) in [6, 6.07) is 0.227. The van der Waals surface area contributed by atoms with Gasteiger partial charge in [0.25, 0.3) is 0 Å². The predicted octanol–water partition coefficient (Wildman–Crippen LogP) is 2.05. The van der Waals surface area contributed by atoms with E-state index >= 15 is 0 Å². The van der Waals surface area contributed by atoms with Gasteiger partial charge in [-0.15, -0.1) is 0 Å². The Hall–Kier alpha value is -1.73. The van der Waals surface area contributed by atoms with Crippen molar-refractivity contribution in [3.63, 3.8) is 0 Å². The first-order valence-corrected chi connectivity index (χ1v) is 7.20. The van der Waals surface area contributed by atoms with E-state index in [1.807, 2.05) is 13.8 Å². The van der Waals surface area contributed by atoms with Crippen LogP contribution in [0, 0.1) is 0 Å². The van der Waals surface area contributed by atoms with Gasteiger partial charge >= 0.3 is 6.01 Å². The monoisotopic (exact) mass is 309 g/mol. The highest BCUT2D eigenvalue weighted by Crippen LogP contribution is 2.23. The van der Waals surface area contributed by atoms with E-state index < -0.39 is 0 Å². The second kappa shape index (κ2) is 5.95. The molecule has 112 valence electrons. The van der Waals surface area contributed by atoms with Gasteiger partial charge in [0, 0.05) is 25.2 Å². The molecular weight excluding hydrogens is 294 g/mol. The summed E-state index contributed by atoms with van der Waals surface area (Å²) in [6.45, 7) is 4.06. The van der Waals surface area contributed by atoms with Gasteiger partial charge in [0.05, 0.1) is 12.2 Å². The maximum absolute atomic E-state index is 5.94. The standard InChI is InChI=1S/C13H16ClN5O2/c1-8-5-10(6-9(2)20-8)21-13-17-11(14)16-12(18-13)19-4-3-15-7-19/h3-4,7-10H,5-6H2,1-2H3. The van der Waals surface area contributed by atoms with Crippen molar-refractivity contribution in [3.8, 4) is 12.0 Å². The fourth-order valence-electron chi connectivity index (χ4n) is 2.46. The summed E-state index contributed by atoms with van der Waals surface area (Å²) in [4.78, 5) is 16.3. The lowest BCUT2D eigenvalue weighted by atomic mass is 10.0. The highest BCUT2D eigenvalue weighted by atomic mass is 35.5. The molecular formula is C13H16ClN5O2. The Morgan fingerprint density at radius 1 is 1.24 bits per heavy atom. The largest absolute Gasteiger partial charge is 0.460 e. The van der Waals surface area contributed by atoms with Crippen LogP contribution in [0.3, 0.4) is 0 Å². The molecule has 2 aromatic rings. The summed E-state index contributed by atoms with van der Waals surface area (Å²) >= 11 is 5.94. The molecule has 0 bridgehead atoms. The first-order chi connectivity index (χ1) is 10.1. The second-order valence-corrected chi connectivity index (χ2v) is 5.46. The minimum Gasteiger partial charge on any atom is -0.460 e. The minimum absolute atomic E-state index is 0.0119. The molecule has 0 saturated carbocycles. The third-order valence-electron chi connectivity index (χ3n) is 3.24. The number of nitrogens with zero attached hydrogens (tertiary/aromatic N) is 5. The Labute approximate surface area is 127 Å². The van der Waals surface area contributed by atoms with Gasteiger partial charge in [-0.2, -0.15) is 15.0 Å². The number of hydrogen-bond donors (Lipinski definition) is 0. The Kier molecular flexibility index (Phi) is 4.03. The van der Waals surface area contributed by atoms with Crippen LogP contribution in [0.1, 0.15) is 26.7 Å². The van der Waals surface area contributed by atoms with E-state index in [0.717, 1.165) is 12.8 Å². The first kappa shape index (κ1) is 14.2. The zero-order valence-electron chi connectivity index (χ0n) is 11.8. The molecule has 0 spiro atoms. The molecule has 2 aromatic heterocycles. The molecule has 1 aliphatic heterocycles. The third kappa shape index (κ3) is 3.48. The van der Waals surface area contributed by atoms with Crippen LogP contribution in [0.4, 0.5) is 0 Å². The van der Waals surface area contributed by atoms with Gasteiger partial charge in [0.1, 0.15) is 12.4 Å². The van der Waals surface area contributed by atoms with Crippen LogP contribution in [0.15, 0.2) is 18.7 Å². The molecule has 1 saturated heterocycles. The molecule has 8 heteroatoms. The van der Waals surface area contributed by atoms with Crippen molar-refractivity contribution < 1.29 is 9.47 Å². The highest BCUT2D eigenvalue weighted by Gasteiger charge is 2.26. The van der Waals surface area contributed by atoms with E-state index in [2.05, 4.69) is 19.9 Å². The lowest BCUT2D eigenvalue weighted by Gasteiger charge is -2.31. The lowest BCUT2D eigenvalue weighted by Crippen LogP contribution is -2.36. The molecule has 7 nitrogen and oxygen atoms in total. The van der Waals surface area contributed by atoms with Gasteiger partial charge < -0.3 is 9.47 Å². The fourth-order valence-corrected chi connectivity index (χ4v) is 2.61. The molecule has 2 unspecified atom stereocenters. The molecule has 0 aliphatic carbocycles. The van der Waals surface area contributed by atoms with E-state index in [0.29, 0.717) is 5.95 Å². The lowest BCUT2D eigenvalue weighted by molar-refractivity contribution is -0.0739. The molecule has 2 atom stereocenters. The number of halogens is 1. The third-order valence-corrected chi connectivity index (χ3v) is 3.41. The van der Waals surface area contributed by atoms with Crippen molar-refractivity contribution in [2.24, 2.45) is 0 Å². The van der Waals surface area contributed by atoms with Crippen LogP contribution < -0.4 is 4.74 Å². The summed E-state index contributed by atoms with van der Waals surface area (Å²) in [6.07, 6.45) is 6.88. The number of ether oxygens (including phenoxy) is 2. The highest BCUT2D eigenvalue weighted by molar-refractivity contribution is 6.28. The molecule has 21 heavy (non-hydrogen) atoms. The smallest absolute Gasteiger partial charge is 0.322 e. The van der Waals surface area contributed by atoms with E-state index in [1.165, 1.54) is 0 Å². The molecule has 0 aromatic carbocycles. The van der Waals surface area contributed by atoms with Crippen molar-refractivity contribution in [1.82, 2.24) is 24.5 Å². The number of aromatic nitrogens is 5. The first-order valence-electron chi connectivity index (χ1n) is 6.82. The van der Waals surface area contributed by atoms with Crippen LogP contribution in [-0.2, 0) is 4.74 Å². The number of imidazole rings is 1.